The Morgan fingerprint density at radius 1 is 1.36 bits per heavy atom. The van der Waals surface area contributed by atoms with Crippen molar-refractivity contribution in [3.8, 4) is 0 Å². The lowest BCUT2D eigenvalue weighted by Crippen LogP contribution is -2.25. The van der Waals surface area contributed by atoms with E-state index in [-0.39, 0.29) is 33.7 Å². The Kier molecular flexibility index (Phi) is 5.19. The van der Waals surface area contributed by atoms with Crippen molar-refractivity contribution >= 4 is 55.7 Å². The quantitative estimate of drug-likeness (QED) is 0.342. The molecule has 2 aromatic heterocycles. The Balaban J connectivity index is 1.68. The molecule has 0 aliphatic heterocycles. The molecule has 1 aromatic carbocycles. The van der Waals surface area contributed by atoms with Crippen LogP contribution in [-0.4, -0.2) is 17.4 Å². The number of anilines is 1. The fourth-order valence-electron chi connectivity index (χ4n) is 2.38. The zero-order chi connectivity index (χ0) is 18.1. The Hall–Kier alpha value is -1.81. The number of nitrogens with zero attached hydrogens (tertiary/aromatic N) is 1. The van der Waals surface area contributed by atoms with Crippen molar-refractivity contribution in [2.75, 3.05) is 12.3 Å². The molecule has 8 heteroatoms. The summed E-state index contributed by atoms with van der Waals surface area (Å²) in [6, 6.07) is 6.68. The third kappa shape index (κ3) is 3.74. The van der Waals surface area contributed by atoms with Crippen molar-refractivity contribution in [2.24, 2.45) is 0 Å². The fraction of sp³-hybridized carbons (Fsp3) is 0.176. The summed E-state index contributed by atoms with van der Waals surface area (Å²) in [4.78, 5) is 17.9. The van der Waals surface area contributed by atoms with E-state index in [1.54, 1.807) is 28.7 Å². The topological polar surface area (TPSA) is 68.0 Å². The highest BCUT2D eigenvalue weighted by Gasteiger charge is 2.15. The summed E-state index contributed by atoms with van der Waals surface area (Å²) in [5, 5.41) is 3.62. The normalized spacial score (nSPS) is 11.0. The fourth-order valence-corrected chi connectivity index (χ4v) is 3.77. The third-order valence-electron chi connectivity index (χ3n) is 3.69. The summed E-state index contributed by atoms with van der Waals surface area (Å²) in [6.07, 6.45) is 0.151. The molecule has 0 saturated heterocycles. The molecule has 0 spiro atoms. The third-order valence-corrected chi connectivity index (χ3v) is 5.83. The van der Waals surface area contributed by atoms with Gasteiger partial charge < -0.3 is 11.1 Å². The van der Waals surface area contributed by atoms with E-state index in [4.69, 9.17) is 5.73 Å². The first-order chi connectivity index (χ1) is 11.9. The van der Waals surface area contributed by atoms with Gasteiger partial charge in [0.25, 0.3) is 5.91 Å². The van der Waals surface area contributed by atoms with Crippen molar-refractivity contribution in [2.45, 2.75) is 13.3 Å². The molecule has 3 aromatic rings. The van der Waals surface area contributed by atoms with E-state index in [0.29, 0.717) is 4.88 Å². The molecule has 0 bridgehead atoms. The van der Waals surface area contributed by atoms with Gasteiger partial charge in [-0.3, -0.25) is 4.79 Å². The van der Waals surface area contributed by atoms with Gasteiger partial charge in [0.05, 0.1) is 14.1 Å². The van der Waals surface area contributed by atoms with Crippen LogP contribution in [-0.2, 0) is 6.42 Å². The number of pyridine rings is 1. The number of nitrogen functional groups attached to an aromatic ring is 1. The number of aromatic nitrogens is 1. The average molecular weight is 473 g/mol. The molecule has 0 saturated carbocycles. The second-order valence-electron chi connectivity index (χ2n) is 5.52. The Morgan fingerprint density at radius 3 is 2.88 bits per heavy atom. The van der Waals surface area contributed by atoms with Crippen LogP contribution in [0.1, 0.15) is 20.9 Å². The minimum absolute atomic E-state index is 0.0657. The lowest BCUT2D eigenvalue weighted by Gasteiger charge is -2.09. The van der Waals surface area contributed by atoms with E-state index in [9.17, 15) is 13.6 Å². The Morgan fingerprint density at radius 2 is 2.12 bits per heavy atom. The first kappa shape index (κ1) is 18.0. The summed E-state index contributed by atoms with van der Waals surface area (Å²) < 4.78 is 27.8. The molecule has 130 valence electrons. The van der Waals surface area contributed by atoms with Gasteiger partial charge in [0.1, 0.15) is 10.6 Å². The van der Waals surface area contributed by atoms with Gasteiger partial charge in [0, 0.05) is 17.6 Å². The van der Waals surface area contributed by atoms with Crippen molar-refractivity contribution in [3.63, 3.8) is 0 Å². The van der Waals surface area contributed by atoms with Gasteiger partial charge in [-0.15, -0.1) is 11.3 Å². The Labute approximate surface area is 160 Å². The number of halogens is 3. The van der Waals surface area contributed by atoms with Gasteiger partial charge in [-0.05, 0) is 59.7 Å². The number of aryl methyl sites for hydroxylation is 1. The van der Waals surface area contributed by atoms with Crippen LogP contribution < -0.4 is 11.1 Å². The largest absolute Gasteiger partial charge is 0.395 e. The molecule has 0 aliphatic carbocycles. The molecule has 2 heterocycles. The molecule has 3 N–H and O–H groups in total. The number of hydrogen-bond donors (Lipinski definition) is 2. The smallest absolute Gasteiger partial charge is 0.261 e. The Bertz CT molecular complexity index is 974. The number of nitrogens with one attached hydrogen (secondary N) is 1. The number of hydrogen-bond acceptors (Lipinski definition) is 4. The predicted molar refractivity (Wildman–Crippen MR) is 104 cm³/mol. The number of fused-ring (bicyclic) bond motifs is 1. The minimum atomic E-state index is -0.637. The number of carbonyl (C=O) groups excluding carboxylic acids is 1. The maximum Gasteiger partial charge on any atom is 0.261 e. The maximum absolute atomic E-state index is 14.1. The molecule has 0 fully saturated rings. The van der Waals surface area contributed by atoms with Crippen molar-refractivity contribution in [3.05, 3.63) is 55.6 Å². The number of benzene rings is 1. The van der Waals surface area contributed by atoms with Crippen molar-refractivity contribution < 1.29 is 13.6 Å². The SMILES string of the molecule is Cc1ccc2cc(C(=O)NCCc3cc(F)c(I)c(N)c3F)sc2n1. The van der Waals surface area contributed by atoms with Crippen LogP contribution in [0, 0.1) is 22.1 Å². The molecular weight excluding hydrogens is 459 g/mol. The van der Waals surface area contributed by atoms with Gasteiger partial charge in [0.15, 0.2) is 5.82 Å². The summed E-state index contributed by atoms with van der Waals surface area (Å²) in [7, 11) is 0. The number of rotatable bonds is 4. The predicted octanol–water partition coefficient (Wildman–Crippen LogP) is 4.04. The molecule has 25 heavy (non-hydrogen) atoms. The van der Waals surface area contributed by atoms with E-state index < -0.39 is 11.6 Å². The maximum atomic E-state index is 14.1. The van der Waals surface area contributed by atoms with Gasteiger partial charge in [0.2, 0.25) is 0 Å². The van der Waals surface area contributed by atoms with Crippen LogP contribution in [0.25, 0.3) is 10.2 Å². The van der Waals surface area contributed by atoms with Crippen molar-refractivity contribution in [1.82, 2.24) is 10.3 Å². The summed E-state index contributed by atoms with van der Waals surface area (Å²) in [5.74, 6) is -1.46. The highest BCUT2D eigenvalue weighted by atomic mass is 127. The standard InChI is InChI=1S/C17H14F2IN3OS/c1-8-2-3-10-7-12(25-17(10)23-8)16(24)22-5-4-9-6-11(18)14(20)15(21)13(9)19/h2-3,6-7H,4-5,21H2,1H3,(H,22,24). The molecule has 0 aliphatic rings. The lowest BCUT2D eigenvalue weighted by molar-refractivity contribution is 0.0958. The van der Waals surface area contributed by atoms with E-state index in [0.717, 1.165) is 22.0 Å². The van der Waals surface area contributed by atoms with Crippen LogP contribution in [0.2, 0.25) is 0 Å². The van der Waals surface area contributed by atoms with Crippen molar-refractivity contribution in [1.29, 1.82) is 0 Å². The highest BCUT2D eigenvalue weighted by Crippen LogP contribution is 2.26. The van der Waals surface area contributed by atoms with E-state index in [1.165, 1.54) is 11.3 Å². The summed E-state index contributed by atoms with van der Waals surface area (Å²) in [5.41, 5.74) is 6.37. The summed E-state index contributed by atoms with van der Waals surface area (Å²) in [6.45, 7) is 2.06. The molecular formula is C17H14F2IN3OS. The van der Waals surface area contributed by atoms with Gasteiger partial charge in [-0.25, -0.2) is 13.8 Å². The van der Waals surface area contributed by atoms with E-state index >= 15 is 0 Å². The average Bonchev–Trinajstić information content (AvgIpc) is 3.00. The second-order valence-corrected chi connectivity index (χ2v) is 7.63. The minimum Gasteiger partial charge on any atom is -0.395 e. The second kappa shape index (κ2) is 7.20. The lowest BCUT2D eigenvalue weighted by atomic mass is 10.1. The van der Waals surface area contributed by atoms with Crippen LogP contribution in [0.5, 0.6) is 0 Å². The van der Waals surface area contributed by atoms with Gasteiger partial charge in [-0.2, -0.15) is 0 Å². The molecule has 0 unspecified atom stereocenters. The van der Waals surface area contributed by atoms with Gasteiger partial charge in [-0.1, -0.05) is 6.07 Å². The first-order valence-corrected chi connectivity index (χ1v) is 9.33. The zero-order valence-corrected chi connectivity index (χ0v) is 16.2. The zero-order valence-electron chi connectivity index (χ0n) is 13.2. The van der Waals surface area contributed by atoms with Gasteiger partial charge >= 0.3 is 0 Å². The molecule has 0 radical (unpaired) electrons. The van der Waals surface area contributed by atoms with Crippen LogP contribution in [0.4, 0.5) is 14.5 Å². The number of carbonyl (C=O) groups is 1. The van der Waals surface area contributed by atoms with Crippen LogP contribution in [0.3, 0.4) is 0 Å². The number of thiophene rings is 1. The monoisotopic (exact) mass is 473 g/mol. The highest BCUT2D eigenvalue weighted by molar-refractivity contribution is 14.1. The van der Waals surface area contributed by atoms with E-state index in [2.05, 4.69) is 10.3 Å². The molecule has 0 atom stereocenters. The summed E-state index contributed by atoms with van der Waals surface area (Å²) >= 11 is 2.96. The van der Waals surface area contributed by atoms with Crippen LogP contribution in [0.15, 0.2) is 24.3 Å². The first-order valence-electron chi connectivity index (χ1n) is 7.44. The molecule has 3 rings (SSSR count). The molecule has 1 amide bonds. The number of nitrogens with two attached hydrogens (primary N) is 1. The molecule has 4 nitrogen and oxygen atoms in total. The van der Waals surface area contributed by atoms with E-state index in [1.807, 2.05) is 19.1 Å². The van der Waals surface area contributed by atoms with Crippen LogP contribution >= 0.6 is 33.9 Å². The number of amides is 1.